The van der Waals surface area contributed by atoms with Gasteiger partial charge in [-0.1, -0.05) is 0 Å². The summed E-state index contributed by atoms with van der Waals surface area (Å²) >= 11 is 0. The molecule has 4 heterocycles. The van der Waals surface area contributed by atoms with Crippen LogP contribution < -0.4 is 9.64 Å². The van der Waals surface area contributed by atoms with Gasteiger partial charge in [0.1, 0.15) is 23.7 Å². The molecule has 0 radical (unpaired) electrons. The number of carbonyl (C=O) groups is 1. The molecular weight excluding hydrogens is 323 g/mol. The highest BCUT2D eigenvalue weighted by Gasteiger charge is 2.47. The number of piperazine rings is 1. The summed E-state index contributed by atoms with van der Waals surface area (Å²) in [5, 5.41) is 0. The van der Waals surface area contributed by atoms with Crippen LogP contribution in [0.1, 0.15) is 12.1 Å². The van der Waals surface area contributed by atoms with Gasteiger partial charge >= 0.3 is 0 Å². The van der Waals surface area contributed by atoms with Crippen molar-refractivity contribution in [3.8, 4) is 5.75 Å². The minimum absolute atomic E-state index is 0.0226. The number of carbonyl (C=O) groups excluding carboxylic acids is 1. The molecule has 0 N–H and O–H groups in total. The monoisotopic (exact) mass is 342 g/mol. The predicted octanol–water partition coefficient (Wildman–Crippen LogP) is 1.79. The second-order valence-corrected chi connectivity index (χ2v) is 6.51. The molecule has 2 atom stereocenters. The van der Waals surface area contributed by atoms with Gasteiger partial charge in [0.15, 0.2) is 6.61 Å². The van der Waals surface area contributed by atoms with Crippen molar-refractivity contribution in [1.29, 1.82) is 0 Å². The van der Waals surface area contributed by atoms with Crippen LogP contribution in [0.3, 0.4) is 0 Å². The molecule has 3 aliphatic rings. The molecule has 3 fully saturated rings. The average Bonchev–Trinajstić information content (AvgIpc) is 2.61. The van der Waals surface area contributed by atoms with Crippen LogP contribution in [0.2, 0.25) is 0 Å². The number of piperidine rings is 1. The van der Waals surface area contributed by atoms with E-state index >= 15 is 0 Å². The molecule has 1 aromatic heterocycles. The van der Waals surface area contributed by atoms with Crippen molar-refractivity contribution >= 4 is 11.7 Å². The Kier molecular flexibility index (Phi) is 3.99. The second kappa shape index (κ2) is 6.31. The minimum Gasteiger partial charge on any atom is -0.484 e. The Bertz CT molecular complexity index is 771. The van der Waals surface area contributed by atoms with Gasteiger partial charge in [-0.15, -0.1) is 0 Å². The number of aromatic nitrogens is 2. The second-order valence-electron chi connectivity index (χ2n) is 6.51. The highest BCUT2D eigenvalue weighted by Crippen LogP contribution is 2.34. The number of anilines is 1. The summed E-state index contributed by atoms with van der Waals surface area (Å²) in [5.41, 5.74) is 0.935. The fourth-order valence-corrected chi connectivity index (χ4v) is 3.57. The molecule has 5 rings (SSSR count). The lowest BCUT2D eigenvalue weighted by Gasteiger charge is -2.56. The molecule has 2 unspecified atom stereocenters. The number of nitrogens with zero attached hydrogens (tertiary/aromatic N) is 4. The van der Waals surface area contributed by atoms with Crippen LogP contribution in [0.4, 0.5) is 10.2 Å². The molecule has 7 heteroatoms. The van der Waals surface area contributed by atoms with Crippen LogP contribution in [-0.4, -0.2) is 52.6 Å². The fourth-order valence-electron chi connectivity index (χ4n) is 3.57. The van der Waals surface area contributed by atoms with Gasteiger partial charge in [-0.3, -0.25) is 4.79 Å². The number of benzene rings is 1. The first-order valence-electron chi connectivity index (χ1n) is 8.33. The number of ether oxygens (including phenoxy) is 1. The smallest absolute Gasteiger partial charge is 0.261 e. The van der Waals surface area contributed by atoms with E-state index in [1.165, 1.54) is 24.3 Å². The third-order valence-electron chi connectivity index (χ3n) is 4.77. The quantitative estimate of drug-likeness (QED) is 0.848. The van der Waals surface area contributed by atoms with Gasteiger partial charge in [0.25, 0.3) is 5.91 Å². The zero-order valence-electron chi connectivity index (χ0n) is 13.9. The first-order valence-corrected chi connectivity index (χ1v) is 8.33. The number of aryl methyl sites for hydroxylation is 1. The van der Waals surface area contributed by atoms with Crippen LogP contribution in [0.25, 0.3) is 0 Å². The Labute approximate surface area is 145 Å². The third-order valence-corrected chi connectivity index (χ3v) is 4.77. The van der Waals surface area contributed by atoms with Gasteiger partial charge < -0.3 is 14.5 Å². The summed E-state index contributed by atoms with van der Waals surface area (Å²) in [6.45, 7) is 3.47. The van der Waals surface area contributed by atoms with E-state index in [1.54, 1.807) is 6.33 Å². The van der Waals surface area contributed by atoms with Crippen molar-refractivity contribution in [3.05, 3.63) is 48.2 Å². The normalized spacial score (nSPS) is 21.7. The Balaban J connectivity index is 1.34. The van der Waals surface area contributed by atoms with Gasteiger partial charge in [-0.25, -0.2) is 14.4 Å². The predicted molar refractivity (Wildman–Crippen MR) is 89.9 cm³/mol. The molecule has 3 aliphatic heterocycles. The summed E-state index contributed by atoms with van der Waals surface area (Å²) in [4.78, 5) is 25.0. The van der Waals surface area contributed by atoms with E-state index in [-0.39, 0.29) is 30.4 Å². The first kappa shape index (κ1) is 15.8. The van der Waals surface area contributed by atoms with Crippen LogP contribution in [-0.2, 0) is 4.79 Å². The maximum Gasteiger partial charge on any atom is 0.261 e. The Morgan fingerprint density at radius 2 is 1.96 bits per heavy atom. The number of hydrogen-bond acceptors (Lipinski definition) is 5. The lowest BCUT2D eigenvalue weighted by molar-refractivity contribution is -0.148. The van der Waals surface area contributed by atoms with Crippen molar-refractivity contribution in [2.45, 2.75) is 25.4 Å². The van der Waals surface area contributed by atoms with Gasteiger partial charge in [0.05, 0.1) is 12.1 Å². The molecule has 0 spiro atoms. The maximum atomic E-state index is 12.9. The number of rotatable bonds is 4. The molecule has 130 valence electrons. The molecular formula is C18H19FN4O2. The Morgan fingerprint density at radius 1 is 1.24 bits per heavy atom. The highest BCUT2D eigenvalue weighted by molar-refractivity contribution is 5.80. The summed E-state index contributed by atoms with van der Waals surface area (Å²) in [7, 11) is 0. The number of amides is 1. The molecule has 1 aromatic carbocycles. The van der Waals surface area contributed by atoms with Gasteiger partial charge in [0.2, 0.25) is 0 Å². The van der Waals surface area contributed by atoms with Crippen molar-refractivity contribution in [3.63, 3.8) is 0 Å². The van der Waals surface area contributed by atoms with Gasteiger partial charge in [-0.2, -0.15) is 0 Å². The number of fused-ring (bicyclic) bond motifs is 2. The van der Waals surface area contributed by atoms with Crippen molar-refractivity contribution < 1.29 is 13.9 Å². The number of hydrogen-bond donors (Lipinski definition) is 0. The Morgan fingerprint density at radius 3 is 2.64 bits per heavy atom. The molecule has 0 aliphatic carbocycles. The van der Waals surface area contributed by atoms with Crippen LogP contribution in [0.15, 0.2) is 36.7 Å². The highest BCUT2D eigenvalue weighted by atomic mass is 19.1. The van der Waals surface area contributed by atoms with E-state index < -0.39 is 0 Å². The molecule has 1 amide bonds. The average molecular weight is 342 g/mol. The van der Waals surface area contributed by atoms with E-state index in [2.05, 4.69) is 14.9 Å². The van der Waals surface area contributed by atoms with Crippen LogP contribution in [0.5, 0.6) is 5.75 Å². The summed E-state index contributed by atoms with van der Waals surface area (Å²) < 4.78 is 18.4. The van der Waals surface area contributed by atoms with Crippen molar-refractivity contribution in [2.24, 2.45) is 0 Å². The largest absolute Gasteiger partial charge is 0.484 e. The fraction of sp³-hybridized carbons (Fsp3) is 0.389. The maximum absolute atomic E-state index is 12.9. The SMILES string of the molecule is Cc1cc(N2CC3CC(C2)N3C(=O)COc2ccc(F)cc2)ncn1. The zero-order chi connectivity index (χ0) is 17.4. The lowest BCUT2D eigenvalue weighted by Crippen LogP contribution is -2.71. The van der Waals surface area contributed by atoms with Gasteiger partial charge in [-0.05, 0) is 37.6 Å². The minimum atomic E-state index is -0.323. The number of halogens is 1. The lowest BCUT2D eigenvalue weighted by atomic mass is 9.87. The summed E-state index contributed by atoms with van der Waals surface area (Å²) in [6, 6.07) is 8.04. The van der Waals surface area contributed by atoms with E-state index in [4.69, 9.17) is 4.74 Å². The molecule has 2 bridgehead atoms. The molecule has 2 aromatic rings. The molecule has 0 saturated carbocycles. The topological polar surface area (TPSA) is 58.6 Å². The zero-order valence-corrected chi connectivity index (χ0v) is 13.9. The molecule has 25 heavy (non-hydrogen) atoms. The van der Waals surface area contributed by atoms with E-state index in [9.17, 15) is 9.18 Å². The van der Waals surface area contributed by atoms with E-state index in [1.807, 2.05) is 17.9 Å². The molecule has 6 nitrogen and oxygen atoms in total. The summed E-state index contributed by atoms with van der Waals surface area (Å²) in [6.07, 6.45) is 2.59. The van der Waals surface area contributed by atoms with Crippen LogP contribution >= 0.6 is 0 Å². The Hall–Kier alpha value is -2.70. The van der Waals surface area contributed by atoms with Crippen molar-refractivity contribution in [2.75, 3.05) is 24.6 Å². The van der Waals surface area contributed by atoms with E-state index in [0.29, 0.717) is 5.75 Å². The standard InChI is InChI=1S/C18H19FN4O2/c1-12-6-17(21-11-20-12)22-8-14-7-15(9-22)23(14)18(24)10-25-16-4-2-13(19)3-5-16/h2-6,11,14-15H,7-10H2,1H3. The van der Waals surface area contributed by atoms with Gasteiger partial charge in [0, 0.05) is 24.8 Å². The first-order chi connectivity index (χ1) is 12.1. The summed E-state index contributed by atoms with van der Waals surface area (Å²) in [5.74, 6) is 1.07. The van der Waals surface area contributed by atoms with Crippen LogP contribution in [0, 0.1) is 12.7 Å². The van der Waals surface area contributed by atoms with E-state index in [0.717, 1.165) is 31.0 Å². The molecule has 3 saturated heterocycles. The van der Waals surface area contributed by atoms with Crippen molar-refractivity contribution in [1.82, 2.24) is 14.9 Å². The third kappa shape index (κ3) is 3.14.